The monoisotopic (exact) mass is 406 g/mol. The molecule has 0 heterocycles. The van der Waals surface area contributed by atoms with Gasteiger partial charge in [0.2, 0.25) is 5.75 Å². The zero-order valence-corrected chi connectivity index (χ0v) is 17.9. The zero-order chi connectivity index (χ0) is 21.5. The van der Waals surface area contributed by atoms with E-state index in [0.717, 1.165) is 33.8 Å². The molecule has 0 aliphatic rings. The third-order valence-electron chi connectivity index (χ3n) is 4.80. The second kappa shape index (κ2) is 9.74. The van der Waals surface area contributed by atoms with E-state index in [9.17, 15) is 0 Å². The van der Waals surface area contributed by atoms with Gasteiger partial charge in [-0.2, -0.15) is 0 Å². The lowest BCUT2D eigenvalue weighted by Gasteiger charge is -2.16. The number of hydrogen-bond acceptors (Lipinski definition) is 5. The van der Waals surface area contributed by atoms with Crippen molar-refractivity contribution in [1.82, 2.24) is 0 Å². The van der Waals surface area contributed by atoms with Crippen molar-refractivity contribution in [2.45, 2.75) is 0 Å². The molecule has 3 rings (SSSR count). The van der Waals surface area contributed by atoms with E-state index in [4.69, 9.17) is 23.7 Å². The van der Waals surface area contributed by atoms with Crippen molar-refractivity contribution in [3.63, 3.8) is 0 Å². The highest BCUT2D eigenvalue weighted by atomic mass is 16.5. The van der Waals surface area contributed by atoms with Gasteiger partial charge in [-0.05, 0) is 64.7 Å². The molecule has 30 heavy (non-hydrogen) atoms. The van der Waals surface area contributed by atoms with Crippen molar-refractivity contribution in [3.05, 3.63) is 77.4 Å². The summed E-state index contributed by atoms with van der Waals surface area (Å²) in [6.45, 7) is 0. The minimum atomic E-state index is 0.558. The fourth-order valence-electron chi connectivity index (χ4n) is 3.21. The van der Waals surface area contributed by atoms with Crippen molar-refractivity contribution >= 4 is 11.6 Å². The average molecular weight is 406 g/mol. The van der Waals surface area contributed by atoms with Crippen molar-refractivity contribution in [3.8, 4) is 28.7 Å². The van der Waals surface area contributed by atoms with Crippen LogP contribution in [0, 0.1) is 0 Å². The Kier molecular flexibility index (Phi) is 6.86. The Bertz CT molecular complexity index is 980. The standard InChI is InChI=1S/C25H26O5/c1-26-20-10-6-17(7-11-20)14-22(18-8-12-21(27-2)13-9-18)19-15-23(28-3)25(30-5)24(16-19)29-4/h6-16H,1-5H3/b22-14+. The Hall–Kier alpha value is -3.60. The molecule has 3 aromatic rings. The van der Waals surface area contributed by atoms with Crippen molar-refractivity contribution in [2.24, 2.45) is 0 Å². The zero-order valence-electron chi connectivity index (χ0n) is 17.9. The summed E-state index contributed by atoms with van der Waals surface area (Å²) in [4.78, 5) is 0. The largest absolute Gasteiger partial charge is 0.497 e. The molecule has 0 saturated carbocycles. The molecule has 0 fully saturated rings. The molecule has 5 nitrogen and oxygen atoms in total. The van der Waals surface area contributed by atoms with Gasteiger partial charge < -0.3 is 23.7 Å². The molecular weight excluding hydrogens is 380 g/mol. The molecule has 0 saturated heterocycles. The SMILES string of the molecule is COc1ccc(/C=C(\c2ccc(OC)cc2)c2cc(OC)c(OC)c(OC)c2)cc1. The van der Waals surface area contributed by atoms with Crippen molar-refractivity contribution in [1.29, 1.82) is 0 Å². The first-order valence-corrected chi connectivity index (χ1v) is 9.44. The van der Waals surface area contributed by atoms with Gasteiger partial charge in [-0.25, -0.2) is 0 Å². The Morgan fingerprint density at radius 3 is 1.50 bits per heavy atom. The summed E-state index contributed by atoms with van der Waals surface area (Å²) in [6.07, 6.45) is 2.11. The van der Waals surface area contributed by atoms with Gasteiger partial charge in [-0.1, -0.05) is 24.3 Å². The summed E-state index contributed by atoms with van der Waals surface area (Å²) in [6, 6.07) is 19.7. The quantitative estimate of drug-likeness (QED) is 0.474. The van der Waals surface area contributed by atoms with E-state index in [1.807, 2.05) is 60.7 Å². The Balaban J connectivity index is 2.19. The summed E-state index contributed by atoms with van der Waals surface area (Å²) in [5.74, 6) is 3.36. The van der Waals surface area contributed by atoms with Crippen LogP contribution in [-0.4, -0.2) is 35.5 Å². The van der Waals surface area contributed by atoms with Crippen LogP contribution in [0.3, 0.4) is 0 Å². The molecule has 0 bridgehead atoms. The molecule has 3 aromatic carbocycles. The van der Waals surface area contributed by atoms with Crippen LogP contribution >= 0.6 is 0 Å². The van der Waals surface area contributed by atoms with Crippen LogP contribution in [0.5, 0.6) is 28.7 Å². The maximum atomic E-state index is 5.55. The molecule has 0 aliphatic heterocycles. The van der Waals surface area contributed by atoms with Crippen LogP contribution in [0.15, 0.2) is 60.7 Å². The lowest BCUT2D eigenvalue weighted by Crippen LogP contribution is -1.98. The lowest BCUT2D eigenvalue weighted by atomic mass is 9.95. The predicted molar refractivity (Wildman–Crippen MR) is 119 cm³/mol. The van der Waals surface area contributed by atoms with E-state index in [1.54, 1.807) is 35.5 Å². The van der Waals surface area contributed by atoms with Gasteiger partial charge >= 0.3 is 0 Å². The second-order valence-electron chi connectivity index (χ2n) is 6.47. The molecule has 0 spiro atoms. The molecule has 0 radical (unpaired) electrons. The lowest BCUT2D eigenvalue weighted by molar-refractivity contribution is 0.324. The van der Waals surface area contributed by atoms with Gasteiger partial charge in [0.1, 0.15) is 11.5 Å². The van der Waals surface area contributed by atoms with E-state index >= 15 is 0 Å². The van der Waals surface area contributed by atoms with Crippen molar-refractivity contribution < 1.29 is 23.7 Å². The van der Waals surface area contributed by atoms with Gasteiger partial charge in [-0.3, -0.25) is 0 Å². The molecule has 156 valence electrons. The van der Waals surface area contributed by atoms with E-state index in [1.165, 1.54) is 0 Å². The fourth-order valence-corrected chi connectivity index (χ4v) is 3.21. The topological polar surface area (TPSA) is 46.2 Å². The van der Waals surface area contributed by atoms with Gasteiger partial charge in [0.05, 0.1) is 35.5 Å². The van der Waals surface area contributed by atoms with Crippen LogP contribution in [-0.2, 0) is 0 Å². The van der Waals surface area contributed by atoms with Gasteiger partial charge in [-0.15, -0.1) is 0 Å². The molecule has 0 amide bonds. The van der Waals surface area contributed by atoms with Crippen LogP contribution in [0.1, 0.15) is 16.7 Å². The second-order valence-corrected chi connectivity index (χ2v) is 6.47. The highest BCUT2D eigenvalue weighted by Crippen LogP contribution is 2.41. The summed E-state index contributed by atoms with van der Waals surface area (Å²) < 4.78 is 27.2. The normalized spacial score (nSPS) is 11.0. The van der Waals surface area contributed by atoms with Crippen LogP contribution < -0.4 is 23.7 Å². The molecule has 0 atom stereocenters. The molecule has 0 aliphatic carbocycles. The molecule has 5 heteroatoms. The first-order chi connectivity index (χ1) is 14.6. The summed E-state index contributed by atoms with van der Waals surface area (Å²) in [5.41, 5.74) is 4.00. The van der Waals surface area contributed by atoms with Crippen LogP contribution in [0.2, 0.25) is 0 Å². The van der Waals surface area contributed by atoms with Gasteiger partial charge in [0.15, 0.2) is 11.5 Å². The fraction of sp³-hybridized carbons (Fsp3) is 0.200. The first kappa shape index (κ1) is 21.1. The van der Waals surface area contributed by atoms with Crippen molar-refractivity contribution in [2.75, 3.05) is 35.5 Å². The van der Waals surface area contributed by atoms with E-state index in [2.05, 4.69) is 6.08 Å². The number of hydrogen-bond donors (Lipinski definition) is 0. The smallest absolute Gasteiger partial charge is 0.203 e. The van der Waals surface area contributed by atoms with Gasteiger partial charge in [0.25, 0.3) is 0 Å². The summed E-state index contributed by atoms with van der Waals surface area (Å²) in [7, 11) is 8.13. The van der Waals surface area contributed by atoms with E-state index in [0.29, 0.717) is 17.2 Å². The van der Waals surface area contributed by atoms with Crippen LogP contribution in [0.4, 0.5) is 0 Å². The maximum Gasteiger partial charge on any atom is 0.203 e. The number of benzene rings is 3. The third kappa shape index (κ3) is 4.51. The highest BCUT2D eigenvalue weighted by molar-refractivity contribution is 5.92. The molecule has 0 N–H and O–H groups in total. The highest BCUT2D eigenvalue weighted by Gasteiger charge is 2.16. The van der Waals surface area contributed by atoms with E-state index < -0.39 is 0 Å². The Morgan fingerprint density at radius 2 is 1.07 bits per heavy atom. The number of ether oxygens (including phenoxy) is 5. The van der Waals surface area contributed by atoms with Crippen LogP contribution in [0.25, 0.3) is 11.6 Å². The average Bonchev–Trinajstić information content (AvgIpc) is 2.82. The number of rotatable bonds is 8. The van der Waals surface area contributed by atoms with E-state index in [-0.39, 0.29) is 0 Å². The molecule has 0 unspecified atom stereocenters. The molecular formula is C25H26O5. The predicted octanol–water partition coefficient (Wildman–Crippen LogP) is 5.32. The maximum absolute atomic E-state index is 5.55. The Labute approximate surface area is 177 Å². The van der Waals surface area contributed by atoms with Gasteiger partial charge in [0, 0.05) is 0 Å². The minimum absolute atomic E-state index is 0.558. The summed E-state index contributed by atoms with van der Waals surface area (Å²) in [5, 5.41) is 0. The summed E-state index contributed by atoms with van der Waals surface area (Å²) >= 11 is 0. The minimum Gasteiger partial charge on any atom is -0.497 e. The third-order valence-corrected chi connectivity index (χ3v) is 4.80. The number of methoxy groups -OCH3 is 5. The first-order valence-electron chi connectivity index (χ1n) is 9.44. The Morgan fingerprint density at radius 1 is 0.567 bits per heavy atom. The molecule has 0 aromatic heterocycles.